The van der Waals surface area contributed by atoms with E-state index in [2.05, 4.69) is 0 Å². The number of fused-ring (bicyclic) bond motifs is 1. The number of aryl methyl sites for hydroxylation is 1. The summed E-state index contributed by atoms with van der Waals surface area (Å²) < 4.78 is 19.6. The molecule has 1 aromatic heterocycles. The molecule has 1 fully saturated rings. The highest BCUT2D eigenvalue weighted by molar-refractivity contribution is 5.94. The van der Waals surface area contributed by atoms with Gasteiger partial charge in [-0.15, -0.1) is 0 Å². The van der Waals surface area contributed by atoms with Crippen molar-refractivity contribution in [3.8, 4) is 11.1 Å². The van der Waals surface area contributed by atoms with E-state index < -0.39 is 0 Å². The molecule has 0 N–H and O–H groups in total. The fourth-order valence-corrected chi connectivity index (χ4v) is 4.10. The molecule has 3 aromatic carbocycles. The predicted octanol–water partition coefficient (Wildman–Crippen LogP) is 5.92. The Morgan fingerprint density at radius 1 is 1.07 bits per heavy atom. The zero-order valence-electron chi connectivity index (χ0n) is 16.6. The van der Waals surface area contributed by atoms with Gasteiger partial charge in [0.25, 0.3) is 5.91 Å². The summed E-state index contributed by atoms with van der Waals surface area (Å²) in [6.45, 7) is 2.45. The highest BCUT2D eigenvalue weighted by Crippen LogP contribution is 2.35. The van der Waals surface area contributed by atoms with Crippen molar-refractivity contribution in [3.05, 3.63) is 89.6 Å². The fraction of sp³-hybridized carbons (Fsp3) is 0.200. The average molecular weight is 400 g/mol. The van der Waals surface area contributed by atoms with Gasteiger partial charge in [-0.1, -0.05) is 30.3 Å². The van der Waals surface area contributed by atoms with Gasteiger partial charge in [-0.05, 0) is 72.9 Å². The lowest BCUT2D eigenvalue weighted by atomic mass is 10.0. The quantitative estimate of drug-likeness (QED) is 0.429. The van der Waals surface area contributed by atoms with E-state index in [9.17, 15) is 9.18 Å². The van der Waals surface area contributed by atoms with Crippen LogP contribution in [0.3, 0.4) is 0 Å². The zero-order chi connectivity index (χ0) is 20.7. The van der Waals surface area contributed by atoms with Gasteiger partial charge in [0.05, 0.1) is 0 Å². The van der Waals surface area contributed by atoms with Crippen molar-refractivity contribution in [1.82, 2.24) is 9.88 Å². The van der Waals surface area contributed by atoms with Crippen LogP contribution in [-0.4, -0.2) is 22.3 Å². The van der Waals surface area contributed by atoms with Gasteiger partial charge >= 0.3 is 0 Å². The Morgan fingerprint density at radius 3 is 2.63 bits per heavy atom. The van der Waals surface area contributed by atoms with E-state index in [1.165, 1.54) is 6.07 Å². The largest absolute Gasteiger partial charge is 0.438 e. The second-order valence-corrected chi connectivity index (χ2v) is 7.72. The molecule has 150 valence electrons. The van der Waals surface area contributed by atoms with Crippen molar-refractivity contribution < 1.29 is 13.6 Å². The van der Waals surface area contributed by atoms with Crippen LogP contribution in [0.4, 0.5) is 4.39 Å². The molecule has 1 aliphatic heterocycles. The van der Waals surface area contributed by atoms with E-state index in [-0.39, 0.29) is 17.8 Å². The molecule has 30 heavy (non-hydrogen) atoms. The number of nitrogens with zero attached hydrogens (tertiary/aromatic N) is 2. The van der Waals surface area contributed by atoms with E-state index in [1.54, 1.807) is 13.0 Å². The van der Waals surface area contributed by atoms with Crippen LogP contribution in [0, 0.1) is 12.7 Å². The van der Waals surface area contributed by atoms with Crippen molar-refractivity contribution in [2.45, 2.75) is 25.8 Å². The minimum absolute atomic E-state index is 0.00262. The summed E-state index contributed by atoms with van der Waals surface area (Å²) in [6.07, 6.45) is 1.75. The molecule has 0 bridgehead atoms. The Morgan fingerprint density at radius 2 is 1.83 bits per heavy atom. The number of halogens is 1. The van der Waals surface area contributed by atoms with Crippen molar-refractivity contribution in [3.63, 3.8) is 0 Å². The molecule has 1 unspecified atom stereocenters. The number of hydrogen-bond acceptors (Lipinski definition) is 3. The van der Waals surface area contributed by atoms with Gasteiger partial charge in [-0.25, -0.2) is 9.37 Å². The molecular formula is C25H21FN2O2. The molecule has 4 aromatic rings. The minimum atomic E-state index is -0.215. The highest BCUT2D eigenvalue weighted by Gasteiger charge is 2.34. The maximum atomic E-state index is 13.6. The highest BCUT2D eigenvalue weighted by atomic mass is 19.1. The van der Waals surface area contributed by atoms with Crippen LogP contribution in [0.15, 0.2) is 71.1 Å². The van der Waals surface area contributed by atoms with Crippen LogP contribution in [0.2, 0.25) is 0 Å². The lowest BCUT2D eigenvalue weighted by molar-refractivity contribution is 0.0717. The SMILES string of the molecule is Cc1cc(-c2ccc3oc(C4CCCN4C(=O)c4ccccc4)nc3c2)ccc1F. The summed E-state index contributed by atoms with van der Waals surface area (Å²) >= 11 is 0. The number of likely N-dealkylation sites (tertiary alicyclic amines) is 1. The van der Waals surface area contributed by atoms with Crippen molar-refractivity contribution in [1.29, 1.82) is 0 Å². The standard InChI is InChI=1S/C25H21FN2O2/c1-16-14-18(9-11-20(16)26)19-10-12-23-21(15-19)27-24(30-23)22-8-5-13-28(22)25(29)17-6-3-2-4-7-17/h2-4,6-7,9-12,14-15,22H,5,8,13H2,1H3. The van der Waals surface area contributed by atoms with Crippen LogP contribution in [0.25, 0.3) is 22.2 Å². The molecule has 0 spiro atoms. The summed E-state index contributed by atoms with van der Waals surface area (Å²) in [5.41, 5.74) is 4.59. The number of hydrogen-bond donors (Lipinski definition) is 0. The van der Waals surface area contributed by atoms with Crippen LogP contribution in [-0.2, 0) is 0 Å². The molecule has 5 heteroatoms. The van der Waals surface area contributed by atoms with Gasteiger partial charge in [-0.2, -0.15) is 0 Å². The third kappa shape index (κ3) is 3.26. The normalized spacial score (nSPS) is 16.3. The summed E-state index contributed by atoms with van der Waals surface area (Å²) in [7, 11) is 0. The number of carbonyl (C=O) groups excluding carboxylic acids is 1. The van der Waals surface area contributed by atoms with E-state index in [1.807, 2.05) is 59.5 Å². The van der Waals surface area contributed by atoms with Gasteiger partial charge in [0.15, 0.2) is 5.58 Å². The maximum Gasteiger partial charge on any atom is 0.254 e. The zero-order valence-corrected chi connectivity index (χ0v) is 16.6. The molecule has 2 heterocycles. The van der Waals surface area contributed by atoms with Gasteiger partial charge < -0.3 is 9.32 Å². The molecule has 0 aliphatic carbocycles. The van der Waals surface area contributed by atoms with Crippen LogP contribution < -0.4 is 0 Å². The lowest BCUT2D eigenvalue weighted by Gasteiger charge is -2.22. The van der Waals surface area contributed by atoms with Crippen molar-refractivity contribution in [2.24, 2.45) is 0 Å². The lowest BCUT2D eigenvalue weighted by Crippen LogP contribution is -2.30. The summed E-state index contributed by atoms with van der Waals surface area (Å²) in [4.78, 5) is 19.5. The average Bonchev–Trinajstić information content (AvgIpc) is 3.42. The molecule has 5 rings (SSSR count). The summed E-state index contributed by atoms with van der Waals surface area (Å²) in [5, 5.41) is 0. The predicted molar refractivity (Wildman–Crippen MR) is 114 cm³/mol. The Kier molecular flexibility index (Phi) is 4.58. The number of rotatable bonds is 3. The maximum absolute atomic E-state index is 13.6. The van der Waals surface area contributed by atoms with Crippen LogP contribution in [0.1, 0.15) is 40.7 Å². The first kappa shape index (κ1) is 18.6. The van der Waals surface area contributed by atoms with Crippen LogP contribution in [0.5, 0.6) is 0 Å². The Balaban J connectivity index is 1.47. The summed E-state index contributed by atoms with van der Waals surface area (Å²) in [6, 6.07) is 20.0. The van der Waals surface area contributed by atoms with E-state index in [0.717, 1.165) is 29.5 Å². The van der Waals surface area contributed by atoms with E-state index >= 15 is 0 Å². The van der Waals surface area contributed by atoms with Gasteiger partial charge in [0.2, 0.25) is 5.89 Å². The molecule has 0 radical (unpaired) electrons. The first-order valence-corrected chi connectivity index (χ1v) is 10.1. The number of carbonyl (C=O) groups is 1. The monoisotopic (exact) mass is 400 g/mol. The smallest absolute Gasteiger partial charge is 0.254 e. The van der Waals surface area contributed by atoms with Crippen LogP contribution >= 0.6 is 0 Å². The molecule has 1 atom stereocenters. The second-order valence-electron chi connectivity index (χ2n) is 7.72. The van der Waals surface area contributed by atoms with E-state index in [4.69, 9.17) is 9.40 Å². The molecule has 4 nitrogen and oxygen atoms in total. The number of oxazole rings is 1. The topological polar surface area (TPSA) is 46.3 Å². The molecule has 1 amide bonds. The summed E-state index contributed by atoms with van der Waals surface area (Å²) in [5.74, 6) is 0.356. The van der Waals surface area contributed by atoms with Gasteiger partial charge in [-0.3, -0.25) is 4.79 Å². The molecular weight excluding hydrogens is 379 g/mol. The van der Waals surface area contributed by atoms with Gasteiger partial charge in [0.1, 0.15) is 17.4 Å². The first-order chi connectivity index (χ1) is 14.6. The number of aromatic nitrogens is 1. The second kappa shape index (κ2) is 7.41. The van der Waals surface area contributed by atoms with Crippen molar-refractivity contribution >= 4 is 17.0 Å². The third-order valence-electron chi connectivity index (χ3n) is 5.71. The number of amides is 1. The van der Waals surface area contributed by atoms with Crippen molar-refractivity contribution in [2.75, 3.05) is 6.54 Å². The first-order valence-electron chi connectivity index (χ1n) is 10.1. The Bertz CT molecular complexity index is 1230. The molecule has 1 saturated heterocycles. The molecule has 0 saturated carbocycles. The van der Waals surface area contributed by atoms with E-state index in [0.29, 0.717) is 29.1 Å². The van der Waals surface area contributed by atoms with Gasteiger partial charge in [0, 0.05) is 12.1 Å². The number of benzene rings is 3. The minimum Gasteiger partial charge on any atom is -0.438 e. The Hall–Kier alpha value is -3.47. The molecule has 1 aliphatic rings. The fourth-order valence-electron chi connectivity index (χ4n) is 4.10. The Labute approximate surface area is 174 Å². The third-order valence-corrected chi connectivity index (χ3v) is 5.71.